The Kier molecular flexibility index (Phi) is 4.92. The fourth-order valence-electron chi connectivity index (χ4n) is 3.22. The van der Waals surface area contributed by atoms with E-state index in [1.165, 1.54) is 12.1 Å². The van der Waals surface area contributed by atoms with Crippen LogP contribution in [0.3, 0.4) is 0 Å². The number of halogens is 1. The van der Waals surface area contributed by atoms with Crippen LogP contribution in [0, 0.1) is 5.82 Å². The molecular formula is C17H23FN2O3S. The van der Waals surface area contributed by atoms with E-state index in [0.29, 0.717) is 50.3 Å². The average Bonchev–Trinajstić information content (AvgIpc) is 3.04. The second kappa shape index (κ2) is 6.80. The van der Waals surface area contributed by atoms with E-state index in [4.69, 9.17) is 0 Å². The highest BCUT2D eigenvalue weighted by Crippen LogP contribution is 2.25. The van der Waals surface area contributed by atoms with E-state index in [9.17, 15) is 18.5 Å². The molecule has 1 N–H and O–H groups in total. The number of nitrogens with zero attached hydrogens (tertiary/aromatic N) is 2. The lowest BCUT2D eigenvalue weighted by atomic mass is 9.94. The molecule has 2 atom stereocenters. The highest BCUT2D eigenvalue weighted by atomic mass is 32.2. The van der Waals surface area contributed by atoms with Crippen LogP contribution in [-0.2, 0) is 10.8 Å². The quantitative estimate of drug-likeness (QED) is 0.883. The first kappa shape index (κ1) is 17.4. The molecule has 0 spiro atoms. The maximum Gasteiger partial charge on any atom is 0.320 e. The van der Waals surface area contributed by atoms with Crippen LogP contribution in [-0.4, -0.2) is 62.2 Å². The van der Waals surface area contributed by atoms with Crippen LogP contribution in [0.15, 0.2) is 29.2 Å². The molecule has 1 aromatic rings. The second-order valence-electron chi connectivity index (χ2n) is 6.87. The van der Waals surface area contributed by atoms with Crippen molar-refractivity contribution >= 4 is 16.8 Å². The Balaban J connectivity index is 1.58. The number of aliphatic hydroxyl groups is 1. The number of benzene rings is 1. The minimum absolute atomic E-state index is 0.0379. The summed E-state index contributed by atoms with van der Waals surface area (Å²) < 4.78 is 25.6. The molecule has 7 heteroatoms. The third-order valence-electron chi connectivity index (χ3n) is 4.88. The first-order chi connectivity index (χ1) is 11.4. The summed E-state index contributed by atoms with van der Waals surface area (Å²) in [5, 5.41) is 9.86. The number of carbonyl (C=O) groups excluding carboxylic acids is 1. The minimum Gasteiger partial charge on any atom is -0.390 e. The van der Waals surface area contributed by atoms with E-state index in [1.54, 1.807) is 28.9 Å². The van der Waals surface area contributed by atoms with Crippen LogP contribution in [0.25, 0.3) is 0 Å². The van der Waals surface area contributed by atoms with Crippen molar-refractivity contribution in [2.45, 2.75) is 41.9 Å². The van der Waals surface area contributed by atoms with Crippen LogP contribution >= 0.6 is 0 Å². The Morgan fingerprint density at radius 2 is 1.83 bits per heavy atom. The number of hydrogen-bond donors (Lipinski definition) is 1. The number of amides is 2. The molecule has 5 nitrogen and oxygen atoms in total. The Bertz CT molecular complexity index is 625. The smallest absolute Gasteiger partial charge is 0.320 e. The summed E-state index contributed by atoms with van der Waals surface area (Å²) in [5.41, 5.74) is -0.686. The minimum atomic E-state index is -1.24. The van der Waals surface area contributed by atoms with E-state index in [-0.39, 0.29) is 17.1 Å². The zero-order valence-electron chi connectivity index (χ0n) is 13.8. The number of carbonyl (C=O) groups is 1. The molecule has 2 saturated heterocycles. The third-order valence-corrected chi connectivity index (χ3v) is 6.60. The van der Waals surface area contributed by atoms with Crippen LogP contribution in [0.2, 0.25) is 0 Å². The fourth-order valence-corrected chi connectivity index (χ4v) is 4.64. The van der Waals surface area contributed by atoms with Gasteiger partial charge in [0.1, 0.15) is 5.82 Å². The number of hydrogen-bond acceptors (Lipinski definition) is 3. The SMILES string of the molecule is CC1(O)CCN(C(=O)N2CCC(S(=O)c3ccc(F)cc3)C2)CC1. The summed E-state index contributed by atoms with van der Waals surface area (Å²) in [6.45, 7) is 3.94. The molecule has 0 saturated carbocycles. The molecule has 132 valence electrons. The van der Waals surface area contributed by atoms with E-state index >= 15 is 0 Å². The molecule has 2 aliphatic heterocycles. The molecule has 0 bridgehead atoms. The summed E-state index contributed by atoms with van der Waals surface area (Å²) in [5.74, 6) is -0.347. The highest BCUT2D eigenvalue weighted by Gasteiger charge is 2.36. The van der Waals surface area contributed by atoms with Crippen molar-refractivity contribution in [3.05, 3.63) is 30.1 Å². The Labute approximate surface area is 143 Å². The molecule has 2 aliphatic rings. The largest absolute Gasteiger partial charge is 0.390 e. The van der Waals surface area contributed by atoms with Gasteiger partial charge in [-0.25, -0.2) is 9.18 Å². The molecule has 24 heavy (non-hydrogen) atoms. The van der Waals surface area contributed by atoms with Crippen molar-refractivity contribution in [2.75, 3.05) is 26.2 Å². The lowest BCUT2D eigenvalue weighted by molar-refractivity contribution is 0.00127. The number of rotatable bonds is 2. The van der Waals surface area contributed by atoms with Gasteiger partial charge >= 0.3 is 6.03 Å². The molecule has 0 aliphatic carbocycles. The maximum atomic E-state index is 13.0. The Hall–Kier alpha value is -1.47. The summed E-state index contributed by atoms with van der Waals surface area (Å²) in [6.07, 6.45) is 1.84. The van der Waals surface area contributed by atoms with Crippen LogP contribution in [0.1, 0.15) is 26.2 Å². The average molecular weight is 354 g/mol. The van der Waals surface area contributed by atoms with Gasteiger partial charge in [-0.05, 0) is 50.5 Å². The van der Waals surface area contributed by atoms with E-state index in [0.717, 1.165) is 0 Å². The van der Waals surface area contributed by atoms with Gasteiger partial charge in [-0.3, -0.25) is 4.21 Å². The topological polar surface area (TPSA) is 60.9 Å². The van der Waals surface area contributed by atoms with Gasteiger partial charge in [0.15, 0.2) is 0 Å². The van der Waals surface area contributed by atoms with Crippen molar-refractivity contribution in [1.82, 2.24) is 9.80 Å². The first-order valence-corrected chi connectivity index (χ1v) is 9.49. The normalized spacial score (nSPS) is 24.9. The van der Waals surface area contributed by atoms with E-state index in [2.05, 4.69) is 0 Å². The summed E-state index contributed by atoms with van der Waals surface area (Å²) in [4.78, 5) is 16.7. The van der Waals surface area contributed by atoms with Crippen molar-refractivity contribution in [3.8, 4) is 0 Å². The highest BCUT2D eigenvalue weighted by molar-refractivity contribution is 7.85. The zero-order chi connectivity index (χ0) is 17.3. The van der Waals surface area contributed by atoms with Gasteiger partial charge in [-0.15, -0.1) is 0 Å². The molecule has 2 fully saturated rings. The van der Waals surface area contributed by atoms with Crippen molar-refractivity contribution < 1.29 is 18.5 Å². The molecule has 3 rings (SSSR count). The molecule has 0 radical (unpaired) electrons. The van der Waals surface area contributed by atoms with E-state index < -0.39 is 16.4 Å². The van der Waals surface area contributed by atoms with Crippen LogP contribution in [0.5, 0.6) is 0 Å². The Morgan fingerprint density at radius 1 is 1.21 bits per heavy atom. The first-order valence-electron chi connectivity index (χ1n) is 8.28. The van der Waals surface area contributed by atoms with Crippen molar-refractivity contribution in [2.24, 2.45) is 0 Å². The Morgan fingerprint density at radius 3 is 2.46 bits per heavy atom. The molecule has 0 aromatic heterocycles. The van der Waals surface area contributed by atoms with Crippen molar-refractivity contribution in [1.29, 1.82) is 0 Å². The summed E-state index contributed by atoms with van der Waals surface area (Å²) in [6, 6.07) is 5.67. The van der Waals surface area contributed by atoms with Crippen LogP contribution < -0.4 is 0 Å². The standard InChI is InChI=1S/C17H23FN2O3S/c1-17(22)7-10-19(11-8-17)16(21)20-9-6-15(12-20)24(23)14-4-2-13(18)3-5-14/h2-5,15,22H,6-12H2,1H3. The molecule has 2 amide bonds. The number of urea groups is 1. The zero-order valence-corrected chi connectivity index (χ0v) is 14.6. The number of piperidine rings is 1. The van der Waals surface area contributed by atoms with Crippen molar-refractivity contribution in [3.63, 3.8) is 0 Å². The number of likely N-dealkylation sites (tertiary alicyclic amines) is 2. The predicted molar refractivity (Wildman–Crippen MR) is 89.6 cm³/mol. The van der Waals surface area contributed by atoms with Crippen LogP contribution in [0.4, 0.5) is 9.18 Å². The maximum absolute atomic E-state index is 13.0. The van der Waals surface area contributed by atoms with Gasteiger partial charge in [0.2, 0.25) is 0 Å². The van der Waals surface area contributed by atoms with Gasteiger partial charge in [0.05, 0.1) is 21.7 Å². The molecular weight excluding hydrogens is 331 g/mol. The fraction of sp³-hybridized carbons (Fsp3) is 0.588. The van der Waals surface area contributed by atoms with E-state index in [1.807, 2.05) is 0 Å². The van der Waals surface area contributed by atoms with Gasteiger partial charge < -0.3 is 14.9 Å². The van der Waals surface area contributed by atoms with Gasteiger partial charge in [0, 0.05) is 31.1 Å². The summed E-state index contributed by atoms with van der Waals surface area (Å²) in [7, 11) is -1.24. The molecule has 2 heterocycles. The third kappa shape index (κ3) is 3.78. The molecule has 2 unspecified atom stereocenters. The van der Waals surface area contributed by atoms with Gasteiger partial charge in [0.25, 0.3) is 0 Å². The second-order valence-corrected chi connectivity index (χ2v) is 8.61. The molecule has 1 aromatic carbocycles. The monoisotopic (exact) mass is 354 g/mol. The predicted octanol–water partition coefficient (Wildman–Crippen LogP) is 1.97. The van der Waals surface area contributed by atoms with Gasteiger partial charge in [-0.2, -0.15) is 0 Å². The lowest BCUT2D eigenvalue weighted by Gasteiger charge is -2.37. The summed E-state index contributed by atoms with van der Waals surface area (Å²) >= 11 is 0. The van der Waals surface area contributed by atoms with Gasteiger partial charge in [-0.1, -0.05) is 0 Å². The lowest BCUT2D eigenvalue weighted by Crippen LogP contribution is -2.49.